The van der Waals surface area contributed by atoms with Gasteiger partial charge >= 0.3 is 5.97 Å². The van der Waals surface area contributed by atoms with Gasteiger partial charge < -0.3 is 14.7 Å². The predicted molar refractivity (Wildman–Crippen MR) is 70.0 cm³/mol. The highest BCUT2D eigenvalue weighted by molar-refractivity contribution is 5.79. The van der Waals surface area contributed by atoms with E-state index in [1.165, 1.54) is 13.3 Å². The summed E-state index contributed by atoms with van der Waals surface area (Å²) in [5, 5.41) is 12.2. The smallest absolute Gasteiger partial charge is 0.379 e. The Bertz CT molecular complexity index is 452. The molecule has 1 aliphatic rings. The molecule has 1 fully saturated rings. The standard InChI is InChI=1S/C14H17NO4/c1-18-14(16)13(12-8-5-9-19-12)15(17)10-11-6-3-2-4-7-11/h2-4,6-7,10,12-13H,5,8-9H2,1H3/b15-10+. The molecule has 1 heterocycles. The number of rotatable bonds is 4. The Kier molecular flexibility index (Phi) is 4.52. The van der Waals surface area contributed by atoms with Crippen LogP contribution in [0.2, 0.25) is 0 Å². The number of hydrogen-bond donors (Lipinski definition) is 0. The van der Waals surface area contributed by atoms with Crippen molar-refractivity contribution in [2.24, 2.45) is 0 Å². The second kappa shape index (κ2) is 6.33. The average Bonchev–Trinajstić information content (AvgIpc) is 2.93. The lowest BCUT2D eigenvalue weighted by Crippen LogP contribution is -2.42. The highest BCUT2D eigenvalue weighted by Gasteiger charge is 2.39. The van der Waals surface area contributed by atoms with Crippen LogP contribution in [0.3, 0.4) is 0 Å². The van der Waals surface area contributed by atoms with Crippen LogP contribution in [0.4, 0.5) is 0 Å². The van der Waals surface area contributed by atoms with Gasteiger partial charge in [0, 0.05) is 12.2 Å². The maximum atomic E-state index is 12.2. The molecule has 0 saturated carbocycles. The van der Waals surface area contributed by atoms with Gasteiger partial charge in [-0.2, -0.15) is 4.74 Å². The highest BCUT2D eigenvalue weighted by Crippen LogP contribution is 2.18. The molecular formula is C14H17NO4. The van der Waals surface area contributed by atoms with Crippen molar-refractivity contribution in [3.05, 3.63) is 41.1 Å². The van der Waals surface area contributed by atoms with Crippen LogP contribution in [-0.4, -0.2) is 42.8 Å². The van der Waals surface area contributed by atoms with E-state index >= 15 is 0 Å². The van der Waals surface area contributed by atoms with E-state index in [0.29, 0.717) is 17.8 Å². The number of methoxy groups -OCH3 is 1. The van der Waals surface area contributed by atoms with Crippen molar-refractivity contribution >= 4 is 12.2 Å². The molecule has 102 valence electrons. The molecule has 1 aromatic rings. The first-order valence-electron chi connectivity index (χ1n) is 6.27. The highest BCUT2D eigenvalue weighted by atomic mass is 16.5. The molecule has 1 aromatic carbocycles. The molecule has 0 radical (unpaired) electrons. The number of hydrogen-bond acceptors (Lipinski definition) is 4. The number of esters is 1. The van der Waals surface area contributed by atoms with Crippen LogP contribution >= 0.6 is 0 Å². The third kappa shape index (κ3) is 3.32. The van der Waals surface area contributed by atoms with Gasteiger partial charge in [0.1, 0.15) is 6.10 Å². The van der Waals surface area contributed by atoms with E-state index in [4.69, 9.17) is 9.47 Å². The molecule has 0 aliphatic carbocycles. The first-order chi connectivity index (χ1) is 9.22. The number of hydroxylamine groups is 1. The van der Waals surface area contributed by atoms with Gasteiger partial charge in [0.05, 0.1) is 7.11 Å². The fraction of sp³-hybridized carbons (Fsp3) is 0.429. The number of nitrogens with zero attached hydrogens (tertiary/aromatic N) is 1. The van der Waals surface area contributed by atoms with Crippen molar-refractivity contribution in [2.45, 2.75) is 25.0 Å². The molecule has 5 nitrogen and oxygen atoms in total. The van der Waals surface area contributed by atoms with Gasteiger partial charge in [0.25, 0.3) is 6.04 Å². The summed E-state index contributed by atoms with van der Waals surface area (Å²) >= 11 is 0. The van der Waals surface area contributed by atoms with Gasteiger partial charge in [-0.05, 0) is 25.0 Å². The van der Waals surface area contributed by atoms with Crippen molar-refractivity contribution < 1.29 is 19.0 Å². The molecule has 0 N–H and O–H groups in total. The zero-order chi connectivity index (χ0) is 13.7. The number of carbonyl (C=O) groups excluding carboxylic acids is 1. The topological polar surface area (TPSA) is 61.6 Å². The molecule has 0 bridgehead atoms. The summed E-state index contributed by atoms with van der Waals surface area (Å²) in [6.07, 6.45) is 2.55. The third-order valence-corrected chi connectivity index (χ3v) is 3.11. The van der Waals surface area contributed by atoms with Crippen molar-refractivity contribution in [3.63, 3.8) is 0 Å². The van der Waals surface area contributed by atoms with Crippen LogP contribution in [-0.2, 0) is 14.3 Å². The Hall–Kier alpha value is -1.88. The van der Waals surface area contributed by atoms with E-state index in [1.54, 1.807) is 12.1 Å². The van der Waals surface area contributed by atoms with E-state index in [0.717, 1.165) is 12.0 Å². The minimum absolute atomic E-state index is 0.398. The van der Waals surface area contributed by atoms with Crippen LogP contribution in [0, 0.1) is 5.21 Å². The minimum atomic E-state index is -0.937. The number of ether oxygens (including phenoxy) is 2. The first kappa shape index (κ1) is 13.5. The molecule has 5 heteroatoms. The lowest BCUT2D eigenvalue weighted by molar-refractivity contribution is -0.496. The second-order valence-corrected chi connectivity index (χ2v) is 4.42. The van der Waals surface area contributed by atoms with Crippen LogP contribution in [0.15, 0.2) is 30.3 Å². The van der Waals surface area contributed by atoms with Crippen LogP contribution < -0.4 is 0 Å². The zero-order valence-electron chi connectivity index (χ0n) is 10.8. The van der Waals surface area contributed by atoms with E-state index in [-0.39, 0.29) is 0 Å². The van der Waals surface area contributed by atoms with Gasteiger partial charge in [-0.15, -0.1) is 0 Å². The molecule has 0 spiro atoms. The largest absolute Gasteiger partial charge is 0.623 e. The average molecular weight is 263 g/mol. The summed E-state index contributed by atoms with van der Waals surface area (Å²) in [7, 11) is 1.28. The van der Waals surface area contributed by atoms with Crippen molar-refractivity contribution in [1.82, 2.24) is 0 Å². The van der Waals surface area contributed by atoms with Gasteiger partial charge in [-0.3, -0.25) is 0 Å². The molecule has 19 heavy (non-hydrogen) atoms. The number of carbonyl (C=O) groups is 1. The summed E-state index contributed by atoms with van der Waals surface area (Å²) in [6, 6.07) is 8.19. The van der Waals surface area contributed by atoms with Crippen LogP contribution in [0.1, 0.15) is 18.4 Å². The Morgan fingerprint density at radius 3 is 2.84 bits per heavy atom. The first-order valence-corrected chi connectivity index (χ1v) is 6.27. The third-order valence-electron chi connectivity index (χ3n) is 3.11. The molecule has 2 atom stereocenters. The molecule has 2 rings (SSSR count). The Labute approximate surface area is 112 Å². The fourth-order valence-electron chi connectivity index (χ4n) is 2.16. The summed E-state index contributed by atoms with van der Waals surface area (Å²) in [4.78, 5) is 11.8. The summed E-state index contributed by atoms with van der Waals surface area (Å²) in [5.41, 5.74) is 0.740. The lowest BCUT2D eigenvalue weighted by Gasteiger charge is -2.19. The summed E-state index contributed by atoms with van der Waals surface area (Å²) in [6.45, 7) is 0.581. The lowest BCUT2D eigenvalue weighted by atomic mass is 10.1. The Balaban J connectivity index is 2.22. The van der Waals surface area contributed by atoms with Gasteiger partial charge in [-0.1, -0.05) is 18.2 Å². The van der Waals surface area contributed by atoms with Crippen molar-refractivity contribution in [3.8, 4) is 0 Å². The Morgan fingerprint density at radius 2 is 2.26 bits per heavy atom. The van der Waals surface area contributed by atoms with Crippen LogP contribution in [0.25, 0.3) is 0 Å². The van der Waals surface area contributed by atoms with E-state index in [2.05, 4.69) is 0 Å². The fourth-order valence-corrected chi connectivity index (χ4v) is 2.16. The molecule has 2 unspecified atom stereocenters. The molecule has 0 aromatic heterocycles. The molecular weight excluding hydrogens is 246 g/mol. The predicted octanol–water partition coefficient (Wildman–Crippen LogP) is 1.34. The maximum Gasteiger partial charge on any atom is 0.379 e. The maximum absolute atomic E-state index is 12.2. The normalized spacial score (nSPS) is 21.1. The van der Waals surface area contributed by atoms with Crippen molar-refractivity contribution in [1.29, 1.82) is 0 Å². The van der Waals surface area contributed by atoms with E-state index < -0.39 is 18.1 Å². The van der Waals surface area contributed by atoms with Gasteiger partial charge in [0.15, 0.2) is 6.21 Å². The molecule has 0 amide bonds. The van der Waals surface area contributed by atoms with Crippen LogP contribution in [0.5, 0.6) is 0 Å². The SMILES string of the molecule is COC(=O)C(C1CCCO1)/[N+]([O-])=C\c1ccccc1. The van der Waals surface area contributed by atoms with Gasteiger partial charge in [0.2, 0.25) is 0 Å². The summed E-state index contributed by atoms with van der Waals surface area (Å²) in [5.74, 6) is -0.561. The molecule has 1 saturated heterocycles. The van der Waals surface area contributed by atoms with Gasteiger partial charge in [-0.25, -0.2) is 4.79 Å². The summed E-state index contributed by atoms with van der Waals surface area (Å²) < 4.78 is 10.8. The second-order valence-electron chi connectivity index (χ2n) is 4.42. The number of benzene rings is 1. The van der Waals surface area contributed by atoms with Crippen molar-refractivity contribution in [2.75, 3.05) is 13.7 Å². The monoisotopic (exact) mass is 263 g/mol. The molecule has 1 aliphatic heterocycles. The Morgan fingerprint density at radius 1 is 1.53 bits per heavy atom. The van der Waals surface area contributed by atoms with E-state index in [1.807, 2.05) is 18.2 Å². The quantitative estimate of drug-likeness (QED) is 0.270. The minimum Gasteiger partial charge on any atom is -0.623 e. The van der Waals surface area contributed by atoms with E-state index in [9.17, 15) is 10.0 Å². The zero-order valence-corrected chi connectivity index (χ0v) is 10.8.